The summed E-state index contributed by atoms with van der Waals surface area (Å²) in [6.45, 7) is -0.421. The largest absolute Gasteiger partial charge is 0.453 e. The molecule has 15 heteroatoms. The predicted molar refractivity (Wildman–Crippen MR) is 134 cm³/mol. The van der Waals surface area contributed by atoms with Crippen molar-refractivity contribution in [3.8, 4) is 11.5 Å². The molecule has 1 aromatic heterocycles. The lowest BCUT2D eigenvalue weighted by molar-refractivity contribution is -0.137. The van der Waals surface area contributed by atoms with E-state index in [1.54, 1.807) is 0 Å². The molecule has 0 unspecified atom stereocenters. The van der Waals surface area contributed by atoms with Crippen LogP contribution in [0, 0.1) is 11.6 Å². The number of hydrogen-bond acceptors (Lipinski definition) is 5. The molecule has 0 aliphatic rings. The van der Waals surface area contributed by atoms with Crippen LogP contribution in [0.4, 0.5) is 33.5 Å². The first-order valence-electron chi connectivity index (χ1n) is 10.8. The number of aromatic nitrogens is 2. The van der Waals surface area contributed by atoms with Gasteiger partial charge in [0.25, 0.3) is 5.91 Å². The smallest absolute Gasteiger partial charge is 0.416 e. The van der Waals surface area contributed by atoms with Crippen molar-refractivity contribution in [3.05, 3.63) is 75.3 Å². The lowest BCUT2D eigenvalue weighted by atomic mass is 10.1. The number of hydrogen-bond donors (Lipinski definition) is 3. The van der Waals surface area contributed by atoms with Crippen LogP contribution in [0.3, 0.4) is 0 Å². The number of anilines is 2. The Kier molecular flexibility index (Phi) is 7.68. The van der Waals surface area contributed by atoms with E-state index >= 15 is 0 Å². The van der Waals surface area contributed by atoms with Gasteiger partial charge in [-0.25, -0.2) is 8.78 Å². The first-order chi connectivity index (χ1) is 18.3. The number of alkyl halides is 3. The molecule has 0 spiro atoms. The van der Waals surface area contributed by atoms with Crippen molar-refractivity contribution in [3.63, 3.8) is 0 Å². The number of benzene rings is 3. The van der Waals surface area contributed by atoms with Crippen molar-refractivity contribution in [2.45, 2.75) is 6.18 Å². The maximum absolute atomic E-state index is 14.0. The summed E-state index contributed by atoms with van der Waals surface area (Å²) < 4.78 is 74.7. The van der Waals surface area contributed by atoms with Crippen molar-refractivity contribution in [2.75, 3.05) is 17.2 Å². The normalized spacial score (nSPS) is 11.5. The topological polar surface area (TPSA) is 111 Å². The van der Waals surface area contributed by atoms with Gasteiger partial charge in [-0.05, 0) is 36.4 Å². The number of aryl methyl sites for hydroxylation is 1. The van der Waals surface area contributed by atoms with Crippen molar-refractivity contribution < 1.29 is 36.3 Å². The third kappa shape index (κ3) is 5.90. The molecule has 0 aliphatic heterocycles. The van der Waals surface area contributed by atoms with E-state index in [0.717, 1.165) is 12.1 Å². The number of carbonyl (C=O) groups is 2. The minimum absolute atomic E-state index is 0.0117. The van der Waals surface area contributed by atoms with Gasteiger partial charge in [0.1, 0.15) is 17.4 Å². The minimum atomic E-state index is -4.92. The Morgan fingerprint density at radius 2 is 1.74 bits per heavy atom. The standard InChI is InChI=1S/C24H16Cl2F5N5O3/c1-36-20-15(26)8-16(33-23(38)10-4-11(24(29,30)31)6-13(28)5-10)21(19(20)22(35-36)34-18(37)9-32)39-17-7-12(27)2-3-14(17)25/h2-8H,9,32H2,1H3,(H,33,38)(H,34,35,37). The molecule has 39 heavy (non-hydrogen) atoms. The van der Waals surface area contributed by atoms with Gasteiger partial charge >= 0.3 is 6.18 Å². The van der Waals surface area contributed by atoms with Gasteiger partial charge in [0.05, 0.1) is 38.7 Å². The number of nitrogens with zero attached hydrogens (tertiary/aromatic N) is 2. The van der Waals surface area contributed by atoms with Gasteiger partial charge in [-0.3, -0.25) is 14.3 Å². The fraction of sp³-hybridized carbons (Fsp3) is 0.125. The van der Waals surface area contributed by atoms with Gasteiger partial charge in [-0.15, -0.1) is 0 Å². The summed E-state index contributed by atoms with van der Waals surface area (Å²) in [6, 6.07) is 5.68. The summed E-state index contributed by atoms with van der Waals surface area (Å²) in [5.41, 5.74) is 3.27. The van der Waals surface area contributed by atoms with Crippen LogP contribution in [0.25, 0.3) is 10.9 Å². The van der Waals surface area contributed by atoms with E-state index in [1.807, 2.05) is 0 Å². The molecule has 0 fully saturated rings. The quantitative estimate of drug-likeness (QED) is 0.235. The highest BCUT2D eigenvalue weighted by molar-refractivity contribution is 6.37. The average molecular weight is 588 g/mol. The van der Waals surface area contributed by atoms with Crippen LogP contribution < -0.4 is 21.1 Å². The van der Waals surface area contributed by atoms with Crippen LogP contribution in [-0.4, -0.2) is 28.1 Å². The van der Waals surface area contributed by atoms with E-state index < -0.39 is 47.3 Å². The highest BCUT2D eigenvalue weighted by atomic mass is 35.5. The molecule has 0 aliphatic carbocycles. The number of rotatable bonds is 6. The molecule has 0 atom stereocenters. The second-order valence-corrected chi connectivity index (χ2v) is 8.85. The number of nitrogens with one attached hydrogen (secondary N) is 2. The van der Waals surface area contributed by atoms with Crippen LogP contribution in [0.15, 0.2) is 42.5 Å². The Balaban J connectivity index is 1.91. The number of amides is 2. The Morgan fingerprint density at radius 1 is 1.03 bits per heavy atom. The fourth-order valence-corrected chi connectivity index (χ4v) is 4.10. The first-order valence-corrected chi connectivity index (χ1v) is 11.5. The third-order valence-corrected chi connectivity index (χ3v) is 5.90. The van der Waals surface area contributed by atoms with Crippen molar-refractivity contribution >= 4 is 57.4 Å². The third-order valence-electron chi connectivity index (χ3n) is 5.30. The van der Waals surface area contributed by atoms with Crippen LogP contribution >= 0.6 is 23.2 Å². The number of nitrogens with two attached hydrogens (primary N) is 1. The van der Waals surface area contributed by atoms with Crippen LogP contribution in [-0.2, 0) is 18.0 Å². The highest BCUT2D eigenvalue weighted by Crippen LogP contribution is 2.45. The lowest BCUT2D eigenvalue weighted by Gasteiger charge is -2.17. The maximum atomic E-state index is 14.0. The molecule has 0 radical (unpaired) electrons. The van der Waals surface area contributed by atoms with E-state index in [9.17, 15) is 31.5 Å². The molecule has 204 valence electrons. The molecular weight excluding hydrogens is 572 g/mol. The van der Waals surface area contributed by atoms with Gasteiger partial charge < -0.3 is 21.1 Å². The zero-order valence-corrected chi connectivity index (χ0v) is 21.1. The van der Waals surface area contributed by atoms with E-state index in [1.165, 1.54) is 23.9 Å². The molecule has 0 saturated carbocycles. The Bertz CT molecular complexity index is 1620. The molecule has 4 rings (SSSR count). The van der Waals surface area contributed by atoms with E-state index in [2.05, 4.69) is 15.7 Å². The molecule has 4 aromatic rings. The fourth-order valence-electron chi connectivity index (χ4n) is 3.62. The maximum Gasteiger partial charge on any atom is 0.416 e. The number of fused-ring (bicyclic) bond motifs is 1. The molecule has 8 nitrogen and oxygen atoms in total. The monoisotopic (exact) mass is 587 g/mol. The van der Waals surface area contributed by atoms with Crippen LogP contribution in [0.5, 0.6) is 11.5 Å². The van der Waals surface area contributed by atoms with Gasteiger partial charge in [0, 0.05) is 18.7 Å². The van der Waals surface area contributed by atoms with Crippen molar-refractivity contribution in [2.24, 2.45) is 12.8 Å². The SMILES string of the molecule is Cn1nc(NC(=O)CN)c2c(Oc3cc(F)ccc3Cl)c(NC(=O)c3cc(F)cc(C(F)(F)F)c3)cc(Cl)c21. The van der Waals surface area contributed by atoms with Gasteiger partial charge in [0.15, 0.2) is 11.6 Å². The lowest BCUT2D eigenvalue weighted by Crippen LogP contribution is -2.22. The zero-order valence-electron chi connectivity index (χ0n) is 19.6. The summed E-state index contributed by atoms with van der Waals surface area (Å²) in [4.78, 5) is 25.0. The molecular formula is C24H16Cl2F5N5O3. The Morgan fingerprint density at radius 3 is 2.41 bits per heavy atom. The second kappa shape index (κ2) is 10.7. The highest BCUT2D eigenvalue weighted by Gasteiger charge is 2.32. The molecule has 2 amide bonds. The van der Waals surface area contributed by atoms with Crippen LogP contribution in [0.2, 0.25) is 10.0 Å². The summed E-state index contributed by atoms with van der Waals surface area (Å²) in [7, 11) is 1.48. The van der Waals surface area contributed by atoms with Gasteiger partial charge in [-0.1, -0.05) is 23.2 Å². The van der Waals surface area contributed by atoms with E-state index in [-0.39, 0.29) is 50.0 Å². The average Bonchev–Trinajstić information content (AvgIpc) is 3.18. The summed E-state index contributed by atoms with van der Waals surface area (Å²) in [6.07, 6.45) is -4.92. The predicted octanol–water partition coefficient (Wildman–Crippen LogP) is 6.12. The number of halogens is 7. The van der Waals surface area contributed by atoms with E-state index in [4.69, 9.17) is 33.7 Å². The number of ether oxygens (including phenoxy) is 1. The zero-order chi connectivity index (χ0) is 28.6. The second-order valence-electron chi connectivity index (χ2n) is 8.04. The Hall–Kier alpha value is -3.94. The van der Waals surface area contributed by atoms with Crippen molar-refractivity contribution in [1.82, 2.24) is 9.78 Å². The molecule has 4 N–H and O–H groups in total. The molecule has 1 heterocycles. The molecule has 0 saturated heterocycles. The Labute approximate surface area is 226 Å². The number of carbonyl (C=O) groups excluding carboxylic acids is 2. The summed E-state index contributed by atoms with van der Waals surface area (Å²) >= 11 is 12.6. The molecule has 3 aromatic carbocycles. The summed E-state index contributed by atoms with van der Waals surface area (Å²) in [5.74, 6) is -4.45. The van der Waals surface area contributed by atoms with E-state index in [0.29, 0.717) is 12.1 Å². The van der Waals surface area contributed by atoms with Crippen LogP contribution in [0.1, 0.15) is 15.9 Å². The van der Waals surface area contributed by atoms with Gasteiger partial charge in [0.2, 0.25) is 5.91 Å². The molecule has 0 bridgehead atoms. The summed E-state index contributed by atoms with van der Waals surface area (Å²) in [5, 5.41) is 8.89. The van der Waals surface area contributed by atoms with Gasteiger partial charge in [-0.2, -0.15) is 18.3 Å². The van der Waals surface area contributed by atoms with Crippen molar-refractivity contribution in [1.29, 1.82) is 0 Å². The first kappa shape index (κ1) is 28.1. The minimum Gasteiger partial charge on any atom is -0.453 e.